The maximum absolute atomic E-state index is 11.9. The summed E-state index contributed by atoms with van der Waals surface area (Å²) in [5.74, 6) is -1.68. The largest absolute Gasteiger partial charge is 0.480 e. The maximum Gasteiger partial charge on any atom is 0.329 e. The van der Waals surface area contributed by atoms with Gasteiger partial charge in [0.05, 0.1) is 6.10 Å². The third kappa shape index (κ3) is 5.63. The number of ether oxygens (including phenoxy) is 1. The average Bonchev–Trinajstić information content (AvgIpc) is 3.24. The lowest BCUT2D eigenvalue weighted by Gasteiger charge is -2.18. The number of hydrogen-bond donors (Lipinski definition) is 3. The molecule has 0 heterocycles. The minimum Gasteiger partial charge on any atom is -0.480 e. The van der Waals surface area contributed by atoms with Crippen LogP contribution in [0.1, 0.15) is 52.4 Å². The van der Waals surface area contributed by atoms with Crippen molar-refractivity contribution in [1.82, 2.24) is 10.6 Å². The van der Waals surface area contributed by atoms with E-state index in [9.17, 15) is 14.4 Å². The van der Waals surface area contributed by atoms with Crippen LogP contribution in [0.4, 0.5) is 0 Å². The molecule has 2 atom stereocenters. The summed E-state index contributed by atoms with van der Waals surface area (Å²) in [6.45, 7) is 3.53. The van der Waals surface area contributed by atoms with Crippen molar-refractivity contribution in [1.29, 1.82) is 0 Å². The van der Waals surface area contributed by atoms with Gasteiger partial charge < -0.3 is 20.5 Å². The Morgan fingerprint density at radius 1 is 1.23 bits per heavy atom. The molecule has 126 valence electrons. The molecular formula is C15H26N2O5. The number of unbranched alkanes of at least 4 members (excludes halogenated alkanes) is 1. The first-order chi connectivity index (χ1) is 10.3. The molecule has 0 radical (unpaired) electrons. The molecule has 0 aliphatic heterocycles. The Balaban J connectivity index is 2.23. The van der Waals surface area contributed by atoms with Gasteiger partial charge in [-0.2, -0.15) is 0 Å². The fourth-order valence-electron chi connectivity index (χ4n) is 2.08. The van der Waals surface area contributed by atoms with Crippen LogP contribution in [-0.4, -0.2) is 47.7 Å². The zero-order valence-corrected chi connectivity index (χ0v) is 13.5. The first-order valence-electron chi connectivity index (χ1n) is 7.68. The van der Waals surface area contributed by atoms with E-state index in [1.54, 1.807) is 14.0 Å². The quantitative estimate of drug-likeness (QED) is 0.518. The summed E-state index contributed by atoms with van der Waals surface area (Å²) >= 11 is 0. The Morgan fingerprint density at radius 2 is 1.86 bits per heavy atom. The third-order valence-corrected chi connectivity index (χ3v) is 3.96. The lowest BCUT2D eigenvalue weighted by molar-refractivity contribution is -0.143. The Hall–Kier alpha value is -1.63. The van der Waals surface area contributed by atoms with Crippen molar-refractivity contribution in [2.75, 3.05) is 7.11 Å². The van der Waals surface area contributed by atoms with Crippen molar-refractivity contribution < 1.29 is 24.2 Å². The maximum atomic E-state index is 11.9. The topological polar surface area (TPSA) is 105 Å². The van der Waals surface area contributed by atoms with E-state index in [1.807, 2.05) is 6.92 Å². The number of hydrogen-bond acceptors (Lipinski definition) is 4. The number of carboxylic acid groups (broad SMARTS) is 1. The van der Waals surface area contributed by atoms with Crippen LogP contribution in [0, 0.1) is 0 Å². The molecule has 2 amide bonds. The van der Waals surface area contributed by atoms with E-state index < -0.39 is 23.5 Å². The van der Waals surface area contributed by atoms with Crippen LogP contribution in [0.2, 0.25) is 0 Å². The molecule has 1 aliphatic rings. The van der Waals surface area contributed by atoms with Crippen LogP contribution in [0.5, 0.6) is 0 Å². The van der Waals surface area contributed by atoms with Crippen molar-refractivity contribution >= 4 is 17.8 Å². The summed E-state index contributed by atoms with van der Waals surface area (Å²) in [6, 6.07) is -0.734. The third-order valence-electron chi connectivity index (χ3n) is 3.96. The predicted octanol–water partition coefficient (Wildman–Crippen LogP) is 0.820. The van der Waals surface area contributed by atoms with Crippen LogP contribution in [-0.2, 0) is 19.1 Å². The molecule has 1 rings (SSSR count). The molecule has 1 saturated carbocycles. The van der Waals surface area contributed by atoms with E-state index in [-0.39, 0.29) is 12.0 Å². The second-order valence-corrected chi connectivity index (χ2v) is 5.96. The second-order valence-electron chi connectivity index (χ2n) is 5.96. The van der Waals surface area contributed by atoms with Gasteiger partial charge in [-0.1, -0.05) is 6.42 Å². The molecule has 7 heteroatoms. The number of amides is 2. The Kier molecular flexibility index (Phi) is 6.80. The van der Waals surface area contributed by atoms with E-state index in [4.69, 9.17) is 9.84 Å². The van der Waals surface area contributed by atoms with Crippen LogP contribution in [0.15, 0.2) is 0 Å². The summed E-state index contributed by atoms with van der Waals surface area (Å²) in [7, 11) is 1.65. The highest BCUT2D eigenvalue weighted by atomic mass is 16.5. The van der Waals surface area contributed by atoms with E-state index >= 15 is 0 Å². The number of carboxylic acids is 1. The smallest absolute Gasteiger partial charge is 0.329 e. The fraction of sp³-hybridized carbons (Fsp3) is 0.800. The van der Waals surface area contributed by atoms with E-state index in [1.165, 1.54) is 0 Å². The van der Waals surface area contributed by atoms with Crippen molar-refractivity contribution in [3.63, 3.8) is 0 Å². The van der Waals surface area contributed by atoms with Gasteiger partial charge in [0.2, 0.25) is 11.8 Å². The zero-order chi connectivity index (χ0) is 16.8. The van der Waals surface area contributed by atoms with Gasteiger partial charge in [-0.05, 0) is 39.5 Å². The van der Waals surface area contributed by atoms with Crippen molar-refractivity contribution in [2.24, 2.45) is 0 Å². The molecule has 1 aliphatic carbocycles. The lowest BCUT2D eigenvalue weighted by Crippen LogP contribution is -2.51. The molecule has 3 N–H and O–H groups in total. The number of carbonyl (C=O) groups excluding carboxylic acids is 2. The molecule has 7 nitrogen and oxygen atoms in total. The average molecular weight is 314 g/mol. The number of carbonyl (C=O) groups is 3. The molecule has 1 fully saturated rings. The first-order valence-corrected chi connectivity index (χ1v) is 7.68. The van der Waals surface area contributed by atoms with Gasteiger partial charge in [0.15, 0.2) is 0 Å². The number of aliphatic carboxylic acids is 1. The molecule has 2 unspecified atom stereocenters. The van der Waals surface area contributed by atoms with Gasteiger partial charge in [0.25, 0.3) is 0 Å². The highest BCUT2D eigenvalue weighted by molar-refractivity contribution is 5.93. The highest BCUT2D eigenvalue weighted by Gasteiger charge is 2.52. The molecule has 0 bridgehead atoms. The van der Waals surface area contributed by atoms with Gasteiger partial charge in [-0.25, -0.2) is 4.79 Å². The van der Waals surface area contributed by atoms with Gasteiger partial charge in [0.1, 0.15) is 11.6 Å². The fourth-order valence-corrected chi connectivity index (χ4v) is 2.08. The minimum absolute atomic E-state index is 0.179. The SMILES string of the molecule is COC(C)CCCCC(=O)NC(C)C(=O)NC1(C(=O)O)CC1. The van der Waals surface area contributed by atoms with E-state index in [0.29, 0.717) is 19.3 Å². The summed E-state index contributed by atoms with van der Waals surface area (Å²) in [5.41, 5.74) is -1.12. The monoisotopic (exact) mass is 314 g/mol. The van der Waals surface area contributed by atoms with E-state index in [2.05, 4.69) is 10.6 Å². The normalized spacial score (nSPS) is 18.1. The standard InChI is InChI=1S/C15H26N2O5/c1-10(22-3)6-4-5-7-12(18)16-11(2)13(19)17-15(8-9-15)14(20)21/h10-11H,4-9H2,1-3H3,(H,16,18)(H,17,19)(H,20,21). The summed E-state index contributed by atoms with van der Waals surface area (Å²) in [6.07, 6.45) is 3.90. The second kappa shape index (κ2) is 8.12. The number of rotatable bonds is 10. The lowest BCUT2D eigenvalue weighted by atomic mass is 10.1. The van der Waals surface area contributed by atoms with Crippen molar-refractivity contribution in [3.8, 4) is 0 Å². The molecule has 0 saturated heterocycles. The Labute approximate surface area is 130 Å². The molecule has 22 heavy (non-hydrogen) atoms. The molecule has 0 spiro atoms. The van der Waals surface area contributed by atoms with Gasteiger partial charge >= 0.3 is 5.97 Å². The van der Waals surface area contributed by atoms with Crippen LogP contribution >= 0.6 is 0 Å². The minimum atomic E-state index is -1.12. The van der Waals surface area contributed by atoms with Gasteiger partial charge in [-0.15, -0.1) is 0 Å². The summed E-state index contributed by atoms with van der Waals surface area (Å²) in [4.78, 5) is 34.6. The summed E-state index contributed by atoms with van der Waals surface area (Å²) in [5, 5.41) is 14.1. The molecule has 0 aromatic rings. The van der Waals surface area contributed by atoms with Crippen LogP contribution in [0.25, 0.3) is 0 Å². The summed E-state index contributed by atoms with van der Waals surface area (Å²) < 4.78 is 5.12. The zero-order valence-electron chi connectivity index (χ0n) is 13.5. The molecule has 0 aromatic carbocycles. The van der Waals surface area contributed by atoms with Gasteiger partial charge in [-0.3, -0.25) is 9.59 Å². The first kappa shape index (κ1) is 18.4. The van der Waals surface area contributed by atoms with Crippen molar-refractivity contribution in [3.05, 3.63) is 0 Å². The molecule has 0 aromatic heterocycles. The molecular weight excluding hydrogens is 288 g/mol. The Bertz CT molecular complexity index is 420. The number of methoxy groups -OCH3 is 1. The van der Waals surface area contributed by atoms with Crippen LogP contribution in [0.3, 0.4) is 0 Å². The predicted molar refractivity (Wildman–Crippen MR) is 80.3 cm³/mol. The van der Waals surface area contributed by atoms with E-state index in [0.717, 1.165) is 19.3 Å². The van der Waals surface area contributed by atoms with Crippen LogP contribution < -0.4 is 10.6 Å². The Morgan fingerprint density at radius 3 is 2.36 bits per heavy atom. The number of nitrogens with one attached hydrogen (secondary N) is 2. The van der Waals surface area contributed by atoms with Gasteiger partial charge in [0, 0.05) is 13.5 Å². The van der Waals surface area contributed by atoms with Crippen molar-refractivity contribution in [2.45, 2.75) is 70.1 Å². The highest BCUT2D eigenvalue weighted by Crippen LogP contribution is 2.35.